The number of hydrogen-bond acceptors (Lipinski definition) is 11. The summed E-state index contributed by atoms with van der Waals surface area (Å²) in [7, 11) is 7.46. The van der Waals surface area contributed by atoms with Crippen molar-refractivity contribution in [1.29, 1.82) is 0 Å². The number of fused-ring (bicyclic) bond motifs is 6. The maximum atomic E-state index is 14.7. The fourth-order valence-electron chi connectivity index (χ4n) is 9.99. The summed E-state index contributed by atoms with van der Waals surface area (Å²) in [6.07, 6.45) is 5.26. The second-order valence-electron chi connectivity index (χ2n) is 19.6. The van der Waals surface area contributed by atoms with Crippen LogP contribution in [-0.4, -0.2) is 137 Å². The zero-order valence-corrected chi connectivity index (χ0v) is 40.8. The molecule has 4 aromatic rings. The molecule has 6 bridgehead atoms. The average molecular weight is 912 g/mol. The lowest BCUT2D eigenvalue weighted by Gasteiger charge is -2.39. The zero-order chi connectivity index (χ0) is 46.7. The minimum Gasteiger partial charge on any atom is -0.464 e. The van der Waals surface area contributed by atoms with Gasteiger partial charge in [-0.15, -0.1) is 11.3 Å². The molecule has 6 heterocycles. The molecule has 3 aliphatic heterocycles. The van der Waals surface area contributed by atoms with E-state index >= 15 is 0 Å². The molecule has 15 nitrogen and oxygen atoms in total. The Labute approximate surface area is 388 Å². The smallest absolute Gasteiger partial charge is 0.324 e. The summed E-state index contributed by atoms with van der Waals surface area (Å²) < 4.78 is 14.3. The topological polar surface area (TPSA) is 154 Å². The predicted molar refractivity (Wildman–Crippen MR) is 254 cm³/mol. The number of likely N-dealkylation sites (tertiary alicyclic amines) is 1. The van der Waals surface area contributed by atoms with Gasteiger partial charge in [0, 0.05) is 92.3 Å². The molecule has 1 aromatic carbocycles. The number of hydrazine groups is 1. The summed E-state index contributed by atoms with van der Waals surface area (Å²) in [6, 6.07) is 7.65. The number of piperidine rings is 1. The number of nitrogens with zero attached hydrogens (tertiary/aromatic N) is 7. The number of rotatable bonds is 10. The van der Waals surface area contributed by atoms with E-state index in [1.54, 1.807) is 20.4 Å². The molecule has 3 aliphatic rings. The Morgan fingerprint density at radius 1 is 1.09 bits per heavy atom. The van der Waals surface area contributed by atoms with Gasteiger partial charge in [-0.3, -0.25) is 24.4 Å². The number of pyridine rings is 1. The van der Waals surface area contributed by atoms with Crippen LogP contribution >= 0.6 is 11.3 Å². The van der Waals surface area contributed by atoms with Crippen LogP contribution in [-0.2, 0) is 43.2 Å². The Bertz CT molecular complexity index is 2360. The van der Waals surface area contributed by atoms with E-state index in [1.165, 1.54) is 21.2 Å². The lowest BCUT2D eigenvalue weighted by Crippen LogP contribution is -2.62. The standard InChI is InChI=1S/C49H69N9O6S/c1-11-57-40-19-18-33-23-35(40)36(44(57)34-16-12-20-50-42(34)31(4)63-10)25-49(5,6)29-64-47(61)37-17-14-22-58(53-37)46(60)38(24-41-51-39(33)28-65-41)52-45(59)43(30(2)3)55(9)48(62)56-21-13-15-32(27-56)26-54(7)8/h12,16,18-20,23,28,30-32,37-38,43,53H,11,13-15,17,21-22,24-27,29H2,1-10H3,(H,52,59)/t31-,32+,37-,38-,43?/m0/s1. The van der Waals surface area contributed by atoms with Gasteiger partial charge in [0.25, 0.3) is 5.91 Å². The molecule has 0 spiro atoms. The molecule has 65 heavy (non-hydrogen) atoms. The lowest BCUT2D eigenvalue weighted by molar-refractivity contribution is -0.155. The number of carbonyl (C=O) groups is 4. The minimum atomic E-state index is -1.04. The molecule has 5 atom stereocenters. The van der Waals surface area contributed by atoms with E-state index in [0.29, 0.717) is 56.4 Å². The van der Waals surface area contributed by atoms with E-state index in [-0.39, 0.29) is 37.0 Å². The van der Waals surface area contributed by atoms with E-state index in [9.17, 15) is 19.2 Å². The van der Waals surface area contributed by atoms with Crippen molar-refractivity contribution in [1.82, 2.24) is 45.0 Å². The highest BCUT2D eigenvalue weighted by Gasteiger charge is 2.39. The third-order valence-corrected chi connectivity index (χ3v) is 14.1. The number of aryl methyl sites for hydroxylation is 1. The van der Waals surface area contributed by atoms with Crippen molar-refractivity contribution in [2.45, 2.75) is 111 Å². The molecule has 0 aliphatic carbocycles. The van der Waals surface area contributed by atoms with Crippen LogP contribution in [0.4, 0.5) is 4.79 Å². The highest BCUT2D eigenvalue weighted by molar-refractivity contribution is 7.10. The molecule has 352 valence electrons. The van der Waals surface area contributed by atoms with Gasteiger partial charge in [0.1, 0.15) is 18.1 Å². The van der Waals surface area contributed by atoms with Crippen LogP contribution in [0.5, 0.6) is 0 Å². The number of likely N-dealkylation sites (N-methyl/N-ethyl adjacent to an activating group) is 1. The molecule has 2 saturated heterocycles. The molecule has 1 unspecified atom stereocenters. The molecule has 2 N–H and O–H groups in total. The van der Waals surface area contributed by atoms with Crippen LogP contribution in [0.3, 0.4) is 0 Å². The second kappa shape index (κ2) is 20.3. The first-order chi connectivity index (χ1) is 31.0. The second-order valence-corrected chi connectivity index (χ2v) is 20.5. The maximum absolute atomic E-state index is 14.7. The molecule has 7 rings (SSSR count). The SMILES string of the molecule is CCn1c(-c2cccnc2[C@H](C)OC)c2c3cc(ccc31)-c1csc(n1)C[C@H](NC(=O)C(C(C)C)N(C)C(=O)N1CCC[C@H](CN(C)C)C1)C(=O)N1CCC[C@H](N1)C(=O)OCC(C)(C)C2. The van der Waals surface area contributed by atoms with Crippen molar-refractivity contribution in [2.24, 2.45) is 17.3 Å². The number of aromatic nitrogens is 3. The number of carbonyl (C=O) groups excluding carboxylic acids is 4. The number of esters is 1. The summed E-state index contributed by atoms with van der Waals surface area (Å²) in [5.41, 5.74) is 9.42. The fourth-order valence-corrected chi connectivity index (χ4v) is 10.8. The summed E-state index contributed by atoms with van der Waals surface area (Å²) >= 11 is 1.44. The molecule has 0 saturated carbocycles. The minimum absolute atomic E-state index is 0.114. The predicted octanol–water partition coefficient (Wildman–Crippen LogP) is 6.55. The summed E-state index contributed by atoms with van der Waals surface area (Å²) in [5, 5.41) is 8.27. The van der Waals surface area contributed by atoms with Crippen LogP contribution in [0.15, 0.2) is 41.9 Å². The quantitative estimate of drug-likeness (QED) is 0.168. The third kappa shape index (κ3) is 10.6. The third-order valence-electron chi connectivity index (χ3n) is 13.2. The van der Waals surface area contributed by atoms with Crippen molar-refractivity contribution >= 4 is 46.1 Å². The number of ether oxygens (including phenoxy) is 2. The molecule has 16 heteroatoms. The van der Waals surface area contributed by atoms with E-state index in [1.807, 2.05) is 51.2 Å². The number of urea groups is 1. The number of nitrogens with one attached hydrogen (secondary N) is 2. The van der Waals surface area contributed by atoms with Crippen molar-refractivity contribution in [2.75, 3.05) is 61.0 Å². The normalized spacial score (nSPS) is 21.6. The zero-order valence-electron chi connectivity index (χ0n) is 40.0. The van der Waals surface area contributed by atoms with E-state index < -0.39 is 35.4 Å². The maximum Gasteiger partial charge on any atom is 0.324 e. The van der Waals surface area contributed by atoms with E-state index in [2.05, 4.69) is 65.2 Å². The Hall–Kier alpha value is -4.90. The van der Waals surface area contributed by atoms with Crippen LogP contribution in [0.2, 0.25) is 0 Å². The molecule has 4 amide bonds. The van der Waals surface area contributed by atoms with E-state index in [0.717, 1.165) is 64.1 Å². The summed E-state index contributed by atoms with van der Waals surface area (Å²) in [6.45, 7) is 15.5. The summed E-state index contributed by atoms with van der Waals surface area (Å²) in [5.74, 6) is -1.14. The Morgan fingerprint density at radius 2 is 1.86 bits per heavy atom. The van der Waals surface area contributed by atoms with Gasteiger partial charge in [-0.1, -0.05) is 33.8 Å². The van der Waals surface area contributed by atoms with Gasteiger partial charge in [0.2, 0.25) is 5.91 Å². The number of amides is 4. The van der Waals surface area contributed by atoms with Gasteiger partial charge >= 0.3 is 12.0 Å². The first-order valence-corrected chi connectivity index (χ1v) is 24.2. The van der Waals surface area contributed by atoms with Crippen LogP contribution < -0.4 is 10.7 Å². The Kier molecular flexibility index (Phi) is 15.0. The van der Waals surface area contributed by atoms with Gasteiger partial charge in [-0.05, 0) is 102 Å². The Balaban J connectivity index is 1.26. The van der Waals surface area contributed by atoms with Crippen molar-refractivity contribution in [3.8, 4) is 22.5 Å². The van der Waals surface area contributed by atoms with Gasteiger partial charge in [-0.25, -0.2) is 15.2 Å². The molecule has 2 fully saturated rings. The summed E-state index contributed by atoms with van der Waals surface area (Å²) in [4.78, 5) is 72.6. The average Bonchev–Trinajstić information content (AvgIpc) is 3.88. The molecule has 3 aromatic heterocycles. The fraction of sp³-hybridized carbons (Fsp3) is 0.592. The van der Waals surface area contributed by atoms with Gasteiger partial charge in [0.15, 0.2) is 0 Å². The lowest BCUT2D eigenvalue weighted by atomic mass is 9.84. The van der Waals surface area contributed by atoms with Crippen molar-refractivity contribution < 1.29 is 28.7 Å². The highest BCUT2D eigenvalue weighted by atomic mass is 32.1. The number of hydrogen-bond donors (Lipinski definition) is 2. The van der Waals surface area contributed by atoms with Gasteiger partial charge in [-0.2, -0.15) is 0 Å². The molecular weight excluding hydrogens is 843 g/mol. The first kappa shape index (κ1) is 48.0. The Morgan fingerprint density at radius 3 is 2.58 bits per heavy atom. The van der Waals surface area contributed by atoms with Crippen LogP contribution in [0.25, 0.3) is 33.4 Å². The number of cyclic esters (lactones) is 1. The van der Waals surface area contributed by atoms with Crippen LogP contribution in [0, 0.1) is 17.3 Å². The molecular formula is C49H69N9O6S. The number of thiazole rings is 1. The van der Waals surface area contributed by atoms with Gasteiger partial charge < -0.3 is 34.1 Å². The largest absolute Gasteiger partial charge is 0.464 e. The monoisotopic (exact) mass is 912 g/mol. The van der Waals surface area contributed by atoms with Gasteiger partial charge in [0.05, 0.1) is 34.8 Å². The first-order valence-electron chi connectivity index (χ1n) is 23.3. The van der Waals surface area contributed by atoms with Crippen LogP contribution in [0.1, 0.15) is 89.6 Å². The van der Waals surface area contributed by atoms with Crippen molar-refractivity contribution in [3.05, 3.63) is 58.2 Å². The van der Waals surface area contributed by atoms with E-state index in [4.69, 9.17) is 19.4 Å². The molecule has 0 radical (unpaired) electrons. The highest BCUT2D eigenvalue weighted by Crippen LogP contribution is 2.42. The van der Waals surface area contributed by atoms with Crippen molar-refractivity contribution in [3.63, 3.8) is 0 Å². The number of methoxy groups -OCH3 is 1. The number of benzene rings is 1.